The summed E-state index contributed by atoms with van der Waals surface area (Å²) in [6.45, 7) is 0.844. The number of rotatable bonds is 5. The number of alkyl halides is 3. The van der Waals surface area contributed by atoms with Crippen molar-refractivity contribution >= 4 is 16.7 Å². The first-order valence-electron chi connectivity index (χ1n) is 8.37. The molecule has 1 N–H and O–H groups in total. The van der Waals surface area contributed by atoms with Gasteiger partial charge >= 0.3 is 6.18 Å². The molecule has 0 atom stereocenters. The summed E-state index contributed by atoms with van der Waals surface area (Å²) in [7, 11) is 1.56. The number of halogens is 3. The van der Waals surface area contributed by atoms with Crippen molar-refractivity contribution in [1.29, 1.82) is 0 Å². The molecule has 0 radical (unpaired) electrons. The maximum atomic E-state index is 12.8. The molecule has 3 nitrogen and oxygen atoms in total. The van der Waals surface area contributed by atoms with E-state index in [0.717, 1.165) is 28.5 Å². The molecule has 0 saturated carbocycles. The maximum absolute atomic E-state index is 12.8. The van der Waals surface area contributed by atoms with Gasteiger partial charge in [0.2, 0.25) is 0 Å². The molecule has 0 aliphatic heterocycles. The second kappa shape index (κ2) is 7.80. The number of ether oxygens (including phenoxy) is 1. The SMILES string of the molecule is COCCNC(=O)c1ccc2c(-c3ccc(C(F)(F)F)cc3)cccc2c1. The van der Waals surface area contributed by atoms with Crippen LogP contribution in [-0.2, 0) is 10.9 Å². The third kappa shape index (κ3) is 4.28. The zero-order chi connectivity index (χ0) is 19.4. The van der Waals surface area contributed by atoms with E-state index in [1.807, 2.05) is 24.3 Å². The van der Waals surface area contributed by atoms with Gasteiger partial charge in [0.1, 0.15) is 0 Å². The Balaban J connectivity index is 1.93. The highest BCUT2D eigenvalue weighted by Gasteiger charge is 2.30. The Bertz CT molecular complexity index is 950. The fourth-order valence-electron chi connectivity index (χ4n) is 2.88. The molecule has 27 heavy (non-hydrogen) atoms. The minimum absolute atomic E-state index is 0.200. The van der Waals surface area contributed by atoms with Crippen molar-refractivity contribution < 1.29 is 22.7 Å². The van der Waals surface area contributed by atoms with Gasteiger partial charge in [0.25, 0.3) is 5.91 Å². The number of amides is 1. The van der Waals surface area contributed by atoms with E-state index in [1.165, 1.54) is 12.1 Å². The van der Waals surface area contributed by atoms with Crippen LogP contribution in [0.4, 0.5) is 13.2 Å². The van der Waals surface area contributed by atoms with Gasteiger partial charge in [-0.1, -0.05) is 36.4 Å². The van der Waals surface area contributed by atoms with Gasteiger partial charge in [0.15, 0.2) is 0 Å². The van der Waals surface area contributed by atoms with Crippen molar-refractivity contribution in [2.45, 2.75) is 6.18 Å². The molecular weight excluding hydrogens is 355 g/mol. The molecule has 3 aromatic rings. The van der Waals surface area contributed by atoms with E-state index in [1.54, 1.807) is 19.2 Å². The van der Waals surface area contributed by atoms with Gasteiger partial charge < -0.3 is 10.1 Å². The summed E-state index contributed by atoms with van der Waals surface area (Å²) in [6.07, 6.45) is -4.36. The summed E-state index contributed by atoms with van der Waals surface area (Å²) in [4.78, 5) is 12.2. The molecule has 0 bridgehead atoms. The molecule has 0 aliphatic carbocycles. The molecule has 1 amide bonds. The average Bonchev–Trinajstić information content (AvgIpc) is 2.66. The molecule has 0 fully saturated rings. The molecule has 0 aromatic heterocycles. The molecular formula is C21H18F3NO2. The summed E-state index contributed by atoms with van der Waals surface area (Å²) in [5.41, 5.74) is 1.34. The summed E-state index contributed by atoms with van der Waals surface area (Å²) in [6, 6.07) is 15.9. The molecule has 0 heterocycles. The Kier molecular flexibility index (Phi) is 5.46. The first-order chi connectivity index (χ1) is 12.9. The lowest BCUT2D eigenvalue weighted by molar-refractivity contribution is -0.137. The van der Waals surface area contributed by atoms with Crippen LogP contribution in [0.15, 0.2) is 60.7 Å². The number of nitrogens with one attached hydrogen (secondary N) is 1. The molecule has 0 unspecified atom stereocenters. The quantitative estimate of drug-likeness (QED) is 0.646. The van der Waals surface area contributed by atoms with E-state index in [-0.39, 0.29) is 5.91 Å². The molecule has 6 heteroatoms. The highest BCUT2D eigenvalue weighted by Crippen LogP contribution is 2.33. The molecule has 3 rings (SSSR count). The van der Waals surface area contributed by atoms with Crippen molar-refractivity contribution in [3.8, 4) is 11.1 Å². The van der Waals surface area contributed by atoms with Gasteiger partial charge in [-0.15, -0.1) is 0 Å². The van der Waals surface area contributed by atoms with Crippen molar-refractivity contribution in [2.24, 2.45) is 0 Å². The summed E-state index contributed by atoms with van der Waals surface area (Å²) in [5, 5.41) is 4.47. The maximum Gasteiger partial charge on any atom is 0.416 e. The van der Waals surface area contributed by atoms with Gasteiger partial charge in [0, 0.05) is 19.2 Å². The lowest BCUT2D eigenvalue weighted by Crippen LogP contribution is -2.26. The highest BCUT2D eigenvalue weighted by atomic mass is 19.4. The van der Waals surface area contributed by atoms with Crippen molar-refractivity contribution in [3.05, 3.63) is 71.8 Å². The van der Waals surface area contributed by atoms with Crippen LogP contribution in [0, 0.1) is 0 Å². The van der Waals surface area contributed by atoms with Crippen LogP contribution >= 0.6 is 0 Å². The van der Waals surface area contributed by atoms with Crippen molar-refractivity contribution in [2.75, 3.05) is 20.3 Å². The Labute approximate surface area is 154 Å². The Hall–Kier alpha value is -2.86. The van der Waals surface area contributed by atoms with E-state index in [0.29, 0.717) is 24.3 Å². The van der Waals surface area contributed by atoms with E-state index < -0.39 is 11.7 Å². The van der Waals surface area contributed by atoms with Crippen LogP contribution in [0.2, 0.25) is 0 Å². The minimum Gasteiger partial charge on any atom is -0.383 e. The number of carbonyl (C=O) groups excluding carboxylic acids is 1. The van der Waals surface area contributed by atoms with Crippen LogP contribution in [0.25, 0.3) is 21.9 Å². The zero-order valence-corrected chi connectivity index (χ0v) is 14.6. The van der Waals surface area contributed by atoms with Crippen LogP contribution < -0.4 is 5.32 Å². The Morgan fingerprint density at radius 3 is 2.44 bits per heavy atom. The predicted octanol–water partition coefficient (Wildman–Crippen LogP) is 4.90. The number of carbonyl (C=O) groups is 1. The second-order valence-corrected chi connectivity index (χ2v) is 6.07. The zero-order valence-electron chi connectivity index (χ0n) is 14.6. The van der Waals surface area contributed by atoms with E-state index >= 15 is 0 Å². The van der Waals surface area contributed by atoms with Crippen LogP contribution in [-0.4, -0.2) is 26.2 Å². The van der Waals surface area contributed by atoms with Gasteiger partial charge in [-0.05, 0) is 46.2 Å². The van der Waals surface area contributed by atoms with Crippen LogP contribution in [0.5, 0.6) is 0 Å². The van der Waals surface area contributed by atoms with E-state index in [2.05, 4.69) is 5.32 Å². The number of hydrogen-bond acceptors (Lipinski definition) is 2. The van der Waals surface area contributed by atoms with Gasteiger partial charge in [0.05, 0.1) is 12.2 Å². The predicted molar refractivity (Wildman–Crippen MR) is 98.6 cm³/mol. The largest absolute Gasteiger partial charge is 0.416 e. The fraction of sp³-hybridized carbons (Fsp3) is 0.190. The van der Waals surface area contributed by atoms with Crippen LogP contribution in [0.3, 0.4) is 0 Å². The standard InChI is InChI=1S/C21H18F3NO2/c1-27-12-11-25-20(26)16-7-10-19-15(13-16)3-2-4-18(19)14-5-8-17(9-6-14)21(22,23)24/h2-10,13H,11-12H2,1H3,(H,25,26). The highest BCUT2D eigenvalue weighted by molar-refractivity contribution is 6.02. The number of hydrogen-bond donors (Lipinski definition) is 1. The molecule has 140 valence electrons. The Morgan fingerprint density at radius 1 is 1.04 bits per heavy atom. The summed E-state index contributed by atoms with van der Waals surface area (Å²) < 4.78 is 43.2. The van der Waals surface area contributed by atoms with Gasteiger partial charge in [-0.25, -0.2) is 0 Å². The minimum atomic E-state index is -4.36. The topological polar surface area (TPSA) is 38.3 Å². The summed E-state index contributed by atoms with van der Waals surface area (Å²) in [5.74, 6) is -0.200. The number of fused-ring (bicyclic) bond motifs is 1. The molecule has 0 aliphatic rings. The van der Waals surface area contributed by atoms with Crippen LogP contribution in [0.1, 0.15) is 15.9 Å². The van der Waals surface area contributed by atoms with Crippen molar-refractivity contribution in [3.63, 3.8) is 0 Å². The second-order valence-electron chi connectivity index (χ2n) is 6.07. The number of benzene rings is 3. The first-order valence-corrected chi connectivity index (χ1v) is 8.37. The van der Waals surface area contributed by atoms with Gasteiger partial charge in [-0.2, -0.15) is 13.2 Å². The first kappa shape index (κ1) is 18.9. The normalized spacial score (nSPS) is 11.6. The molecule has 0 spiro atoms. The van der Waals surface area contributed by atoms with E-state index in [9.17, 15) is 18.0 Å². The monoisotopic (exact) mass is 373 g/mol. The average molecular weight is 373 g/mol. The summed E-state index contributed by atoms with van der Waals surface area (Å²) >= 11 is 0. The third-order valence-electron chi connectivity index (χ3n) is 4.26. The lowest BCUT2D eigenvalue weighted by atomic mass is 9.96. The van der Waals surface area contributed by atoms with Crippen molar-refractivity contribution in [1.82, 2.24) is 5.32 Å². The molecule has 3 aromatic carbocycles. The number of methoxy groups -OCH3 is 1. The fourth-order valence-corrected chi connectivity index (χ4v) is 2.88. The Morgan fingerprint density at radius 2 is 1.78 bits per heavy atom. The smallest absolute Gasteiger partial charge is 0.383 e. The molecule has 0 saturated heterocycles. The lowest BCUT2D eigenvalue weighted by Gasteiger charge is -2.11. The van der Waals surface area contributed by atoms with Gasteiger partial charge in [-0.3, -0.25) is 4.79 Å². The third-order valence-corrected chi connectivity index (χ3v) is 4.26. The van der Waals surface area contributed by atoms with E-state index in [4.69, 9.17) is 4.74 Å².